The minimum absolute atomic E-state index is 0.309. The Morgan fingerprint density at radius 2 is 2.50 bits per heavy atom. The number of aromatic nitrogens is 2. The van der Waals surface area contributed by atoms with Crippen LogP contribution >= 0.6 is 0 Å². The van der Waals surface area contributed by atoms with E-state index in [0.29, 0.717) is 17.8 Å². The van der Waals surface area contributed by atoms with E-state index in [9.17, 15) is 0 Å². The van der Waals surface area contributed by atoms with E-state index in [0.717, 1.165) is 31.8 Å². The molecule has 0 aromatic carbocycles. The van der Waals surface area contributed by atoms with Gasteiger partial charge in [-0.15, -0.1) is 0 Å². The molecule has 0 amide bonds. The molecule has 1 aliphatic heterocycles. The second-order valence-electron chi connectivity index (χ2n) is 4.52. The standard InChI is InChI=1S/C11H20N4O/c1-8(2)15-7-10(12)11(14-15)13-6-9-4-3-5-16-9/h7-9H,3-6,12H2,1-2H3,(H,13,14)/t9-/m0/s1. The van der Waals surface area contributed by atoms with Crippen LogP contribution in [0.15, 0.2) is 6.20 Å². The monoisotopic (exact) mass is 224 g/mol. The van der Waals surface area contributed by atoms with E-state index >= 15 is 0 Å². The molecule has 2 heterocycles. The lowest BCUT2D eigenvalue weighted by atomic mass is 10.2. The second-order valence-corrected chi connectivity index (χ2v) is 4.52. The van der Waals surface area contributed by atoms with Crippen LogP contribution in [0.25, 0.3) is 0 Å². The molecule has 0 spiro atoms. The number of ether oxygens (including phenoxy) is 1. The number of nitrogens with one attached hydrogen (secondary N) is 1. The van der Waals surface area contributed by atoms with Crippen molar-refractivity contribution in [3.05, 3.63) is 6.20 Å². The second kappa shape index (κ2) is 4.74. The molecule has 16 heavy (non-hydrogen) atoms. The van der Waals surface area contributed by atoms with Crippen molar-refractivity contribution in [1.82, 2.24) is 9.78 Å². The van der Waals surface area contributed by atoms with Crippen LogP contribution in [-0.2, 0) is 4.74 Å². The van der Waals surface area contributed by atoms with Gasteiger partial charge in [0.05, 0.1) is 18.0 Å². The SMILES string of the molecule is CC(C)n1cc(N)c(NC[C@@H]2CCCO2)n1. The fraction of sp³-hybridized carbons (Fsp3) is 0.727. The van der Waals surface area contributed by atoms with Crippen molar-refractivity contribution in [2.45, 2.75) is 38.8 Å². The Bertz CT molecular complexity index is 342. The van der Waals surface area contributed by atoms with Gasteiger partial charge in [-0.25, -0.2) is 0 Å². The Morgan fingerprint density at radius 1 is 1.69 bits per heavy atom. The van der Waals surface area contributed by atoms with Crippen LogP contribution in [0, 0.1) is 0 Å². The normalized spacial score (nSPS) is 20.6. The third-order valence-corrected chi connectivity index (χ3v) is 2.81. The van der Waals surface area contributed by atoms with Gasteiger partial charge in [0.15, 0.2) is 5.82 Å². The maximum Gasteiger partial charge on any atom is 0.171 e. The van der Waals surface area contributed by atoms with E-state index in [-0.39, 0.29) is 0 Å². The van der Waals surface area contributed by atoms with Crippen LogP contribution in [0.4, 0.5) is 11.5 Å². The average molecular weight is 224 g/mol. The van der Waals surface area contributed by atoms with Gasteiger partial charge in [0.25, 0.3) is 0 Å². The highest BCUT2D eigenvalue weighted by atomic mass is 16.5. The number of hydrogen-bond donors (Lipinski definition) is 2. The summed E-state index contributed by atoms with van der Waals surface area (Å²) in [6.07, 6.45) is 4.45. The molecule has 0 radical (unpaired) electrons. The molecule has 1 aromatic heterocycles. The van der Waals surface area contributed by atoms with Gasteiger partial charge in [-0.2, -0.15) is 5.10 Å². The van der Waals surface area contributed by atoms with Crippen LogP contribution in [0.2, 0.25) is 0 Å². The fourth-order valence-electron chi connectivity index (χ4n) is 1.82. The van der Waals surface area contributed by atoms with Gasteiger partial charge in [-0.3, -0.25) is 4.68 Å². The Balaban J connectivity index is 1.92. The summed E-state index contributed by atoms with van der Waals surface area (Å²) >= 11 is 0. The summed E-state index contributed by atoms with van der Waals surface area (Å²) in [5.41, 5.74) is 6.58. The van der Waals surface area contributed by atoms with Crippen molar-refractivity contribution >= 4 is 11.5 Å². The van der Waals surface area contributed by atoms with Gasteiger partial charge >= 0.3 is 0 Å². The lowest BCUT2D eigenvalue weighted by Gasteiger charge is -2.10. The zero-order valence-corrected chi connectivity index (χ0v) is 9.94. The lowest BCUT2D eigenvalue weighted by molar-refractivity contribution is 0.120. The first kappa shape index (κ1) is 11.3. The fourth-order valence-corrected chi connectivity index (χ4v) is 1.82. The minimum atomic E-state index is 0.309. The van der Waals surface area contributed by atoms with E-state index in [1.807, 2.05) is 10.9 Å². The lowest BCUT2D eigenvalue weighted by Crippen LogP contribution is -2.19. The summed E-state index contributed by atoms with van der Waals surface area (Å²) < 4.78 is 7.40. The summed E-state index contributed by atoms with van der Waals surface area (Å²) in [6, 6.07) is 0.334. The number of rotatable bonds is 4. The number of nitrogens with zero attached hydrogens (tertiary/aromatic N) is 2. The molecule has 0 unspecified atom stereocenters. The molecular formula is C11H20N4O. The Labute approximate surface area is 96.0 Å². The summed E-state index contributed by atoms with van der Waals surface area (Å²) in [4.78, 5) is 0. The highest BCUT2D eigenvalue weighted by molar-refractivity contribution is 5.59. The van der Waals surface area contributed by atoms with E-state index in [4.69, 9.17) is 10.5 Å². The molecule has 0 saturated carbocycles. The molecule has 0 aliphatic carbocycles. The molecule has 3 N–H and O–H groups in total. The Hall–Kier alpha value is -1.23. The van der Waals surface area contributed by atoms with E-state index < -0.39 is 0 Å². The molecule has 2 rings (SSSR count). The van der Waals surface area contributed by atoms with Gasteiger partial charge in [-0.1, -0.05) is 0 Å². The first-order valence-corrected chi connectivity index (χ1v) is 5.87. The summed E-state index contributed by atoms with van der Waals surface area (Å²) in [6.45, 7) is 5.83. The average Bonchev–Trinajstić information content (AvgIpc) is 2.84. The van der Waals surface area contributed by atoms with Crippen LogP contribution < -0.4 is 11.1 Å². The molecule has 1 aromatic rings. The van der Waals surface area contributed by atoms with Crippen molar-refractivity contribution in [1.29, 1.82) is 0 Å². The Kier molecular flexibility index (Phi) is 3.33. The highest BCUT2D eigenvalue weighted by Crippen LogP contribution is 2.19. The number of anilines is 2. The van der Waals surface area contributed by atoms with Crippen LogP contribution in [0.3, 0.4) is 0 Å². The zero-order chi connectivity index (χ0) is 11.5. The maximum atomic E-state index is 5.88. The predicted molar refractivity (Wildman–Crippen MR) is 64.5 cm³/mol. The first-order chi connectivity index (χ1) is 7.66. The number of hydrogen-bond acceptors (Lipinski definition) is 4. The molecule has 5 nitrogen and oxygen atoms in total. The van der Waals surface area contributed by atoms with Gasteiger partial charge in [0.2, 0.25) is 0 Å². The van der Waals surface area contributed by atoms with Gasteiger partial charge in [-0.05, 0) is 26.7 Å². The van der Waals surface area contributed by atoms with Crippen LogP contribution in [-0.4, -0.2) is 29.0 Å². The Morgan fingerprint density at radius 3 is 3.06 bits per heavy atom. The largest absolute Gasteiger partial charge is 0.394 e. The van der Waals surface area contributed by atoms with Gasteiger partial charge < -0.3 is 15.8 Å². The number of nitrogen functional groups attached to an aromatic ring is 1. The molecule has 90 valence electrons. The molecule has 1 aliphatic rings. The smallest absolute Gasteiger partial charge is 0.171 e. The van der Waals surface area contributed by atoms with Crippen molar-refractivity contribution in [2.24, 2.45) is 0 Å². The zero-order valence-electron chi connectivity index (χ0n) is 9.94. The first-order valence-electron chi connectivity index (χ1n) is 5.87. The predicted octanol–water partition coefficient (Wildman–Crippen LogP) is 1.64. The van der Waals surface area contributed by atoms with Crippen molar-refractivity contribution in [2.75, 3.05) is 24.2 Å². The quantitative estimate of drug-likeness (QED) is 0.816. The summed E-state index contributed by atoms with van der Waals surface area (Å²) in [5.74, 6) is 0.768. The highest BCUT2D eigenvalue weighted by Gasteiger charge is 2.16. The van der Waals surface area contributed by atoms with E-state index in [1.54, 1.807) is 0 Å². The summed E-state index contributed by atoms with van der Waals surface area (Å²) in [7, 11) is 0. The summed E-state index contributed by atoms with van der Waals surface area (Å²) in [5, 5.41) is 7.64. The third kappa shape index (κ3) is 2.47. The molecule has 1 atom stereocenters. The molecule has 5 heteroatoms. The van der Waals surface area contributed by atoms with Gasteiger partial charge in [0, 0.05) is 19.2 Å². The molecular weight excluding hydrogens is 204 g/mol. The van der Waals surface area contributed by atoms with Crippen LogP contribution in [0.1, 0.15) is 32.7 Å². The van der Waals surface area contributed by atoms with Gasteiger partial charge in [0.1, 0.15) is 0 Å². The minimum Gasteiger partial charge on any atom is -0.394 e. The van der Waals surface area contributed by atoms with Crippen molar-refractivity contribution in [3.8, 4) is 0 Å². The topological polar surface area (TPSA) is 65.1 Å². The van der Waals surface area contributed by atoms with Crippen molar-refractivity contribution < 1.29 is 4.74 Å². The van der Waals surface area contributed by atoms with E-state index in [1.165, 1.54) is 0 Å². The molecule has 1 saturated heterocycles. The number of nitrogens with two attached hydrogens (primary N) is 1. The third-order valence-electron chi connectivity index (χ3n) is 2.81. The molecule has 1 fully saturated rings. The van der Waals surface area contributed by atoms with E-state index in [2.05, 4.69) is 24.3 Å². The maximum absolute atomic E-state index is 5.88. The molecule has 0 bridgehead atoms. The van der Waals surface area contributed by atoms with Crippen molar-refractivity contribution in [3.63, 3.8) is 0 Å². The van der Waals surface area contributed by atoms with Crippen LogP contribution in [0.5, 0.6) is 0 Å².